The van der Waals surface area contributed by atoms with Crippen molar-refractivity contribution < 1.29 is 14.3 Å². The Morgan fingerprint density at radius 1 is 1.08 bits per heavy atom. The molecule has 1 saturated heterocycles. The second-order valence-corrected chi connectivity index (χ2v) is 9.79. The number of nitrogens with one attached hydrogen (secondary N) is 2. The van der Waals surface area contributed by atoms with E-state index >= 15 is 0 Å². The Morgan fingerprint density at radius 3 is 2.46 bits per heavy atom. The molecular formula is C28H37Cl3N4O3S. The van der Waals surface area contributed by atoms with Crippen molar-refractivity contribution in [3.05, 3.63) is 64.5 Å². The van der Waals surface area contributed by atoms with Gasteiger partial charge in [-0.05, 0) is 62.2 Å². The third-order valence-corrected chi connectivity index (χ3v) is 7.47. The summed E-state index contributed by atoms with van der Waals surface area (Å²) >= 11 is 1.36. The first-order valence-corrected chi connectivity index (χ1v) is 13.4. The highest BCUT2D eigenvalue weighted by Crippen LogP contribution is 2.33. The van der Waals surface area contributed by atoms with Crippen molar-refractivity contribution in [2.45, 2.75) is 39.2 Å². The number of ether oxygens (including phenoxy) is 1. The Hall–Kier alpha value is -2.20. The molecule has 0 radical (unpaired) electrons. The normalized spacial score (nSPS) is 14.5. The molecule has 1 amide bonds. The zero-order valence-electron chi connectivity index (χ0n) is 22.4. The molecule has 1 aliphatic heterocycles. The lowest BCUT2D eigenvalue weighted by atomic mass is 10.1. The van der Waals surface area contributed by atoms with Gasteiger partial charge in [-0.25, -0.2) is 4.98 Å². The van der Waals surface area contributed by atoms with E-state index in [0.29, 0.717) is 28.8 Å². The summed E-state index contributed by atoms with van der Waals surface area (Å²) in [5.41, 5.74) is 3.93. The van der Waals surface area contributed by atoms with Gasteiger partial charge >= 0.3 is 0 Å². The fourth-order valence-corrected chi connectivity index (χ4v) is 5.31. The third-order valence-electron chi connectivity index (χ3n) is 6.71. The van der Waals surface area contributed by atoms with E-state index in [1.54, 1.807) is 31.4 Å². The number of likely N-dealkylation sites (N-methyl/N-ethyl adjacent to an activating group) is 1. The highest BCUT2D eigenvalue weighted by Gasteiger charge is 2.22. The van der Waals surface area contributed by atoms with Gasteiger partial charge < -0.3 is 10.1 Å². The third kappa shape index (κ3) is 8.90. The number of benzene rings is 2. The van der Waals surface area contributed by atoms with Crippen LogP contribution < -0.4 is 15.4 Å². The molecule has 0 saturated carbocycles. The number of aromatic nitrogens is 1. The van der Waals surface area contributed by atoms with Crippen LogP contribution in [0.25, 0.3) is 11.3 Å². The lowest BCUT2D eigenvalue weighted by Gasteiger charge is -2.22. The highest BCUT2D eigenvalue weighted by molar-refractivity contribution is 7.14. The molecule has 11 heteroatoms. The Labute approximate surface area is 253 Å². The van der Waals surface area contributed by atoms with Gasteiger partial charge in [0.25, 0.3) is 5.91 Å². The summed E-state index contributed by atoms with van der Waals surface area (Å²) in [6.07, 6.45) is 3.32. The number of Topliss-reactive ketones (excluding diaryl/α,β-unsaturated/α-hetero) is 1. The number of halogens is 3. The Bertz CT molecular complexity index is 1210. The summed E-state index contributed by atoms with van der Waals surface area (Å²) in [7, 11) is 1.64. The minimum absolute atomic E-state index is 0. The molecule has 1 unspecified atom stereocenters. The first kappa shape index (κ1) is 34.8. The van der Waals surface area contributed by atoms with Crippen molar-refractivity contribution >= 4 is 65.4 Å². The van der Waals surface area contributed by atoms with E-state index in [1.807, 2.05) is 17.5 Å². The van der Waals surface area contributed by atoms with Crippen molar-refractivity contribution in [3.63, 3.8) is 0 Å². The largest absolute Gasteiger partial charge is 0.496 e. The molecule has 4 rings (SSSR count). The number of carbonyl (C=O) groups is 2. The highest BCUT2D eigenvalue weighted by atomic mass is 35.5. The second-order valence-electron chi connectivity index (χ2n) is 8.94. The lowest BCUT2D eigenvalue weighted by Crippen LogP contribution is -2.39. The summed E-state index contributed by atoms with van der Waals surface area (Å²) in [6, 6.07) is 13.3. The predicted octanol–water partition coefficient (Wildman–Crippen LogP) is 6.16. The molecule has 0 bridgehead atoms. The quantitative estimate of drug-likeness (QED) is 0.252. The minimum Gasteiger partial charge on any atom is -0.496 e. The van der Waals surface area contributed by atoms with Gasteiger partial charge in [0.1, 0.15) is 5.75 Å². The fraction of sp³-hybridized carbons (Fsp3) is 0.393. The number of thiazole rings is 1. The number of amides is 1. The van der Waals surface area contributed by atoms with Crippen LogP contribution >= 0.6 is 48.6 Å². The van der Waals surface area contributed by atoms with Crippen LogP contribution in [0.15, 0.2) is 47.8 Å². The van der Waals surface area contributed by atoms with Crippen LogP contribution in [0, 0.1) is 0 Å². The molecule has 3 aromatic rings. The van der Waals surface area contributed by atoms with Gasteiger partial charge in [-0.2, -0.15) is 0 Å². The summed E-state index contributed by atoms with van der Waals surface area (Å²) in [6.45, 7) is 7.59. The van der Waals surface area contributed by atoms with E-state index in [-0.39, 0.29) is 48.9 Å². The van der Waals surface area contributed by atoms with Gasteiger partial charge in [0, 0.05) is 34.7 Å². The van der Waals surface area contributed by atoms with Crippen LogP contribution in [0.4, 0.5) is 5.13 Å². The first-order chi connectivity index (χ1) is 17.5. The molecular weight excluding hydrogens is 579 g/mol. The van der Waals surface area contributed by atoms with Gasteiger partial charge in [-0.1, -0.05) is 32.0 Å². The van der Waals surface area contributed by atoms with Gasteiger partial charge in [-0.3, -0.25) is 19.8 Å². The summed E-state index contributed by atoms with van der Waals surface area (Å²) in [5, 5.41) is 8.59. The number of hydrogen-bond acceptors (Lipinski definition) is 7. The molecule has 0 spiro atoms. The number of likely N-dealkylation sites (tertiary alicyclic amines) is 1. The maximum atomic E-state index is 12.8. The minimum atomic E-state index is -0.261. The SMILES string of the molecule is CCc1ccc(OC)c(-c2csc(NC(=O)c3ccc(C(=O)CNCC4CCCN4CC)cc3)n2)c1.Cl.Cl.Cl. The van der Waals surface area contributed by atoms with Crippen LogP contribution in [0.5, 0.6) is 5.75 Å². The van der Waals surface area contributed by atoms with Gasteiger partial charge in [-0.15, -0.1) is 48.6 Å². The number of aryl methyl sites for hydroxylation is 1. The molecule has 2 aromatic carbocycles. The monoisotopic (exact) mass is 614 g/mol. The van der Waals surface area contributed by atoms with E-state index in [1.165, 1.54) is 29.7 Å². The molecule has 1 aliphatic rings. The number of hydrogen-bond donors (Lipinski definition) is 2. The fourth-order valence-electron chi connectivity index (χ4n) is 4.60. The second kappa shape index (κ2) is 16.8. The van der Waals surface area contributed by atoms with Crippen LogP contribution in [0.3, 0.4) is 0 Å². The van der Waals surface area contributed by atoms with Gasteiger partial charge in [0.05, 0.1) is 19.3 Å². The molecule has 1 aromatic heterocycles. The standard InChI is InChI=1S/C28H34N4O3S.3ClH/c1-4-19-8-13-26(35-3)23(15-19)24-18-36-28(30-24)31-27(34)21-11-9-20(10-12-21)25(33)17-29-16-22-7-6-14-32(22)5-2;;;/h8-13,15,18,22,29H,4-7,14,16-17H2,1-3H3,(H,30,31,34);3*1H. The zero-order valence-corrected chi connectivity index (χ0v) is 25.7. The number of methoxy groups -OCH3 is 1. The van der Waals surface area contributed by atoms with Crippen molar-refractivity contribution in [2.24, 2.45) is 0 Å². The maximum Gasteiger partial charge on any atom is 0.257 e. The lowest BCUT2D eigenvalue weighted by molar-refractivity contribution is 0.0985. The molecule has 2 heterocycles. The maximum absolute atomic E-state index is 12.8. The zero-order chi connectivity index (χ0) is 25.5. The van der Waals surface area contributed by atoms with Gasteiger partial charge in [0.15, 0.2) is 10.9 Å². The molecule has 2 N–H and O–H groups in total. The number of nitrogens with zero attached hydrogens (tertiary/aromatic N) is 2. The van der Waals surface area contributed by atoms with Crippen molar-refractivity contribution in [3.8, 4) is 17.0 Å². The number of rotatable bonds is 11. The average Bonchev–Trinajstić information content (AvgIpc) is 3.57. The predicted molar refractivity (Wildman–Crippen MR) is 167 cm³/mol. The van der Waals surface area contributed by atoms with E-state index in [0.717, 1.165) is 43.1 Å². The smallest absolute Gasteiger partial charge is 0.257 e. The first-order valence-electron chi connectivity index (χ1n) is 12.5. The van der Waals surface area contributed by atoms with Crippen molar-refractivity contribution in [1.29, 1.82) is 0 Å². The van der Waals surface area contributed by atoms with Crippen molar-refractivity contribution in [1.82, 2.24) is 15.2 Å². The Balaban J connectivity index is 0.00000253. The topological polar surface area (TPSA) is 83.6 Å². The molecule has 39 heavy (non-hydrogen) atoms. The van der Waals surface area contributed by atoms with E-state index < -0.39 is 0 Å². The molecule has 7 nitrogen and oxygen atoms in total. The van der Waals surface area contributed by atoms with E-state index in [9.17, 15) is 9.59 Å². The number of carbonyl (C=O) groups excluding carboxylic acids is 2. The number of ketones is 1. The van der Waals surface area contributed by atoms with Crippen LogP contribution in [0.1, 0.15) is 53.0 Å². The molecule has 0 aliphatic carbocycles. The molecule has 214 valence electrons. The van der Waals surface area contributed by atoms with Crippen LogP contribution in [-0.4, -0.2) is 60.9 Å². The van der Waals surface area contributed by atoms with Crippen molar-refractivity contribution in [2.75, 3.05) is 38.6 Å². The number of anilines is 1. The summed E-state index contributed by atoms with van der Waals surface area (Å²) in [4.78, 5) is 32.4. The van der Waals surface area contributed by atoms with Gasteiger partial charge in [0.2, 0.25) is 0 Å². The van der Waals surface area contributed by atoms with Crippen LogP contribution in [-0.2, 0) is 6.42 Å². The molecule has 1 atom stereocenters. The van der Waals surface area contributed by atoms with E-state index in [4.69, 9.17) is 4.74 Å². The molecule has 1 fully saturated rings. The van der Waals surface area contributed by atoms with Crippen LogP contribution in [0.2, 0.25) is 0 Å². The Kier molecular flexibility index (Phi) is 15.0. The Morgan fingerprint density at radius 2 is 1.79 bits per heavy atom. The average molecular weight is 616 g/mol. The summed E-state index contributed by atoms with van der Waals surface area (Å²) in [5.74, 6) is 0.509. The van der Waals surface area contributed by atoms with E-state index in [2.05, 4.69) is 40.4 Å². The summed E-state index contributed by atoms with van der Waals surface area (Å²) < 4.78 is 5.49.